The number of aromatic nitrogens is 2. The van der Waals surface area contributed by atoms with Crippen LogP contribution in [0.5, 0.6) is 0 Å². The average Bonchev–Trinajstić information content (AvgIpc) is 3.22. The van der Waals surface area contributed by atoms with Crippen LogP contribution in [0.25, 0.3) is 0 Å². The number of piperidine rings is 1. The van der Waals surface area contributed by atoms with E-state index in [9.17, 15) is 0 Å². The molecule has 2 aromatic rings. The summed E-state index contributed by atoms with van der Waals surface area (Å²) in [7, 11) is 0. The molecule has 2 saturated heterocycles. The molecule has 0 bridgehead atoms. The molecule has 3 aliphatic rings. The molecule has 2 N–H and O–H groups in total. The average molecular weight is 541 g/mol. The Morgan fingerprint density at radius 3 is 2.27 bits per heavy atom. The molecule has 37 heavy (non-hydrogen) atoms. The van der Waals surface area contributed by atoms with Crippen LogP contribution in [-0.2, 0) is 5.41 Å². The quantitative estimate of drug-likeness (QED) is 0.403. The van der Waals surface area contributed by atoms with Crippen molar-refractivity contribution < 1.29 is 0 Å². The summed E-state index contributed by atoms with van der Waals surface area (Å²) in [5.41, 5.74) is 1.42. The van der Waals surface area contributed by atoms with E-state index in [0.29, 0.717) is 17.0 Å². The first-order valence-corrected chi connectivity index (χ1v) is 15.0. The molecule has 3 heterocycles. The molecule has 0 unspecified atom stereocenters. The van der Waals surface area contributed by atoms with Crippen LogP contribution in [0.2, 0.25) is 5.02 Å². The van der Waals surface area contributed by atoms with Crippen LogP contribution in [0.4, 0.5) is 17.6 Å². The zero-order valence-corrected chi connectivity index (χ0v) is 23.7. The first-order chi connectivity index (χ1) is 18.0. The van der Waals surface area contributed by atoms with Crippen LogP contribution < -0.4 is 20.4 Å². The lowest BCUT2D eigenvalue weighted by molar-refractivity contribution is 0.435. The van der Waals surface area contributed by atoms with E-state index in [1.54, 1.807) is 0 Å². The number of nitrogens with one attached hydrogen (secondary N) is 2. The largest absolute Gasteiger partial charge is 0.361 e. The third kappa shape index (κ3) is 6.66. The predicted molar refractivity (Wildman–Crippen MR) is 159 cm³/mol. The molecule has 0 radical (unpaired) electrons. The highest BCUT2D eigenvalue weighted by Crippen LogP contribution is 2.41. The van der Waals surface area contributed by atoms with Gasteiger partial charge in [-0.05, 0) is 74.4 Å². The van der Waals surface area contributed by atoms with E-state index in [0.717, 1.165) is 62.2 Å². The van der Waals surface area contributed by atoms with Gasteiger partial charge in [-0.15, -0.1) is 0 Å². The molecule has 3 fully saturated rings. The van der Waals surface area contributed by atoms with Gasteiger partial charge in [-0.3, -0.25) is 0 Å². The predicted octanol–water partition coefficient (Wildman–Crippen LogP) is 6.55. The first-order valence-electron chi connectivity index (χ1n) is 14.2. The van der Waals surface area contributed by atoms with Crippen LogP contribution in [-0.4, -0.2) is 47.8 Å². The van der Waals surface area contributed by atoms with Crippen molar-refractivity contribution >= 4 is 46.5 Å². The van der Waals surface area contributed by atoms with Crippen molar-refractivity contribution in [2.45, 2.75) is 76.5 Å². The van der Waals surface area contributed by atoms with Gasteiger partial charge in [-0.2, -0.15) is 9.97 Å². The molecule has 0 spiro atoms. The monoisotopic (exact) mass is 540 g/mol. The van der Waals surface area contributed by atoms with Gasteiger partial charge in [0.15, 0.2) is 5.11 Å². The lowest BCUT2D eigenvalue weighted by Gasteiger charge is -2.33. The number of hydrogen-bond acceptors (Lipinski definition) is 5. The van der Waals surface area contributed by atoms with Gasteiger partial charge in [0.2, 0.25) is 5.95 Å². The third-order valence-electron chi connectivity index (χ3n) is 8.44. The Hall–Kier alpha value is -2.12. The molecular weight excluding hydrogens is 500 g/mol. The summed E-state index contributed by atoms with van der Waals surface area (Å²) in [6, 6.07) is 10.5. The van der Waals surface area contributed by atoms with Gasteiger partial charge >= 0.3 is 0 Å². The van der Waals surface area contributed by atoms with E-state index < -0.39 is 0 Å². The van der Waals surface area contributed by atoms with Crippen molar-refractivity contribution in [1.29, 1.82) is 0 Å². The number of nitrogens with zero attached hydrogens (tertiary/aromatic N) is 4. The number of rotatable bonds is 6. The number of benzene rings is 1. The van der Waals surface area contributed by atoms with E-state index >= 15 is 0 Å². The van der Waals surface area contributed by atoms with Crippen LogP contribution in [0.3, 0.4) is 0 Å². The molecular formula is C29H41ClN6S. The van der Waals surface area contributed by atoms with Crippen molar-refractivity contribution in [1.82, 2.24) is 15.3 Å². The minimum absolute atomic E-state index is 0.0835. The number of thiocarbonyl (C=S) groups is 1. The van der Waals surface area contributed by atoms with Crippen molar-refractivity contribution in [2.75, 3.05) is 47.8 Å². The summed E-state index contributed by atoms with van der Waals surface area (Å²) in [4.78, 5) is 14.8. The smallest absolute Gasteiger partial charge is 0.232 e. The Morgan fingerprint density at radius 1 is 0.946 bits per heavy atom. The standard InChI is InChI=1S/C29H41ClN6S/c1-22-9-8-18-36(20-22)26-19-25(35-16-6-2-3-7-17-35)32-27(33-26)34-28(37)31-21-29(14-4-5-15-29)23-10-12-24(30)13-11-23/h10-13,19,22H,2-9,14-18,20-21H2,1H3,(H2,31,32,33,34,37)/t22-/m1/s1. The van der Waals surface area contributed by atoms with E-state index in [1.165, 1.54) is 56.9 Å². The van der Waals surface area contributed by atoms with Crippen LogP contribution in [0.1, 0.15) is 76.7 Å². The molecule has 1 saturated carbocycles. The molecule has 6 nitrogen and oxygen atoms in total. The van der Waals surface area contributed by atoms with Crippen LogP contribution in [0, 0.1) is 5.92 Å². The second-order valence-corrected chi connectivity index (χ2v) is 12.1. The lowest BCUT2D eigenvalue weighted by atomic mass is 9.79. The number of anilines is 3. The van der Waals surface area contributed by atoms with Gasteiger partial charge in [-0.1, -0.05) is 56.3 Å². The fourth-order valence-electron chi connectivity index (χ4n) is 6.32. The zero-order chi connectivity index (χ0) is 25.7. The minimum Gasteiger partial charge on any atom is -0.361 e. The van der Waals surface area contributed by atoms with Gasteiger partial charge in [0.1, 0.15) is 11.6 Å². The Labute approximate surface area is 232 Å². The molecule has 1 atom stereocenters. The number of hydrogen-bond donors (Lipinski definition) is 2. The van der Waals surface area contributed by atoms with Crippen LogP contribution in [0.15, 0.2) is 30.3 Å². The summed E-state index contributed by atoms with van der Waals surface area (Å²) in [6.45, 7) is 7.33. The Morgan fingerprint density at radius 2 is 1.59 bits per heavy atom. The summed E-state index contributed by atoms with van der Waals surface area (Å²) in [5.74, 6) is 3.31. The Kier molecular flexibility index (Phi) is 8.71. The summed E-state index contributed by atoms with van der Waals surface area (Å²) in [6.07, 6.45) is 12.3. The molecule has 1 aromatic carbocycles. The molecule has 8 heteroatoms. The topological polar surface area (TPSA) is 56.3 Å². The van der Waals surface area contributed by atoms with Gasteiger partial charge in [-0.25, -0.2) is 0 Å². The zero-order valence-electron chi connectivity index (χ0n) is 22.1. The molecule has 2 aliphatic heterocycles. The first kappa shape index (κ1) is 26.5. The fourth-order valence-corrected chi connectivity index (χ4v) is 6.61. The van der Waals surface area contributed by atoms with Crippen molar-refractivity contribution in [3.8, 4) is 0 Å². The van der Waals surface area contributed by atoms with Crippen molar-refractivity contribution in [3.05, 3.63) is 40.9 Å². The van der Waals surface area contributed by atoms with Crippen molar-refractivity contribution in [2.24, 2.45) is 5.92 Å². The van der Waals surface area contributed by atoms with Gasteiger partial charge in [0.05, 0.1) is 0 Å². The Balaban J connectivity index is 1.32. The minimum atomic E-state index is 0.0835. The summed E-state index contributed by atoms with van der Waals surface area (Å²) < 4.78 is 0. The van der Waals surface area contributed by atoms with E-state index in [-0.39, 0.29) is 5.41 Å². The summed E-state index contributed by atoms with van der Waals surface area (Å²) >= 11 is 11.9. The molecule has 1 aliphatic carbocycles. The fraction of sp³-hybridized carbons (Fsp3) is 0.621. The van der Waals surface area contributed by atoms with E-state index in [1.807, 2.05) is 12.1 Å². The van der Waals surface area contributed by atoms with Crippen molar-refractivity contribution in [3.63, 3.8) is 0 Å². The second kappa shape index (κ2) is 12.2. The van der Waals surface area contributed by atoms with Gasteiger partial charge in [0, 0.05) is 49.2 Å². The molecule has 200 valence electrons. The maximum Gasteiger partial charge on any atom is 0.232 e. The van der Waals surface area contributed by atoms with Gasteiger partial charge in [0.25, 0.3) is 0 Å². The molecule has 1 aromatic heterocycles. The molecule has 0 amide bonds. The highest BCUT2D eigenvalue weighted by atomic mass is 35.5. The normalized spacial score (nSPS) is 21.9. The van der Waals surface area contributed by atoms with E-state index in [4.69, 9.17) is 33.8 Å². The SMILES string of the molecule is C[C@@H]1CCCN(c2cc(N3CCCCCC3)nc(NC(=S)NCC3(c4ccc(Cl)cc4)CCCC3)n2)C1. The second-order valence-electron chi connectivity index (χ2n) is 11.3. The molecule has 5 rings (SSSR count). The van der Waals surface area contributed by atoms with E-state index in [2.05, 4.69) is 45.6 Å². The highest BCUT2D eigenvalue weighted by molar-refractivity contribution is 7.80. The third-order valence-corrected chi connectivity index (χ3v) is 8.94. The lowest BCUT2D eigenvalue weighted by Crippen LogP contribution is -2.41. The maximum absolute atomic E-state index is 6.17. The highest BCUT2D eigenvalue weighted by Gasteiger charge is 2.35. The Bertz CT molecular complexity index is 1030. The van der Waals surface area contributed by atoms with Crippen LogP contribution >= 0.6 is 23.8 Å². The van der Waals surface area contributed by atoms with Gasteiger partial charge < -0.3 is 20.4 Å². The number of halogens is 1. The summed E-state index contributed by atoms with van der Waals surface area (Å²) in [5, 5.41) is 8.24. The maximum atomic E-state index is 6.17.